The molecular formula is C13H17NO2. The number of hydrogen-bond donors (Lipinski definition) is 3. The van der Waals surface area contributed by atoms with Crippen LogP contribution in [0, 0.1) is 5.92 Å². The van der Waals surface area contributed by atoms with E-state index in [9.17, 15) is 10.2 Å². The first-order valence-electron chi connectivity index (χ1n) is 6.01. The van der Waals surface area contributed by atoms with E-state index < -0.39 is 0 Å². The Labute approximate surface area is 95.1 Å². The van der Waals surface area contributed by atoms with Crippen molar-refractivity contribution < 1.29 is 10.2 Å². The van der Waals surface area contributed by atoms with Gasteiger partial charge in [0.1, 0.15) is 11.5 Å². The van der Waals surface area contributed by atoms with Crippen LogP contribution in [0.5, 0.6) is 11.5 Å². The van der Waals surface area contributed by atoms with Gasteiger partial charge in [0.2, 0.25) is 0 Å². The van der Waals surface area contributed by atoms with Crippen molar-refractivity contribution in [3.63, 3.8) is 0 Å². The molecular weight excluding hydrogens is 202 g/mol. The molecule has 1 aliphatic carbocycles. The minimum atomic E-state index is 0.172. The van der Waals surface area contributed by atoms with Gasteiger partial charge in [0.25, 0.3) is 0 Å². The molecule has 3 N–H and O–H groups in total. The molecule has 1 aromatic carbocycles. The molecule has 1 heterocycles. The molecule has 1 fully saturated rings. The Morgan fingerprint density at radius 2 is 2.06 bits per heavy atom. The highest BCUT2D eigenvalue weighted by atomic mass is 16.3. The summed E-state index contributed by atoms with van der Waals surface area (Å²) in [6.07, 6.45) is 4.36. The zero-order valence-corrected chi connectivity index (χ0v) is 9.24. The molecule has 16 heavy (non-hydrogen) atoms. The normalized spacial score (nSPS) is 28.2. The number of hydrogen-bond acceptors (Lipinski definition) is 3. The second-order valence-electron chi connectivity index (χ2n) is 4.97. The highest BCUT2D eigenvalue weighted by Crippen LogP contribution is 2.37. The van der Waals surface area contributed by atoms with E-state index in [4.69, 9.17) is 0 Å². The van der Waals surface area contributed by atoms with E-state index in [2.05, 4.69) is 5.32 Å². The van der Waals surface area contributed by atoms with E-state index in [0.29, 0.717) is 12.0 Å². The highest BCUT2D eigenvalue weighted by molar-refractivity contribution is 5.47. The average molecular weight is 219 g/mol. The lowest BCUT2D eigenvalue weighted by atomic mass is 9.76. The quantitative estimate of drug-likeness (QED) is 0.620. The zero-order chi connectivity index (χ0) is 11.1. The third-order valence-electron chi connectivity index (χ3n) is 3.94. The standard InChI is InChI=1S/C13H17NO2/c15-10-4-9-6-12-8(2-1-3-14-12)5-11(9)13(16)7-10/h4,7-8,12,14-16H,1-3,5-6H2/t8-,12-/m1/s1. The van der Waals surface area contributed by atoms with Gasteiger partial charge < -0.3 is 15.5 Å². The summed E-state index contributed by atoms with van der Waals surface area (Å²) >= 11 is 0. The van der Waals surface area contributed by atoms with Crippen LogP contribution in [0.1, 0.15) is 24.0 Å². The van der Waals surface area contributed by atoms with E-state index in [-0.39, 0.29) is 11.5 Å². The summed E-state index contributed by atoms with van der Waals surface area (Å²) in [4.78, 5) is 0. The van der Waals surface area contributed by atoms with Crippen LogP contribution in [0.25, 0.3) is 0 Å². The molecule has 86 valence electrons. The number of piperidine rings is 1. The Bertz CT molecular complexity index is 417. The highest BCUT2D eigenvalue weighted by Gasteiger charge is 2.31. The fraction of sp³-hybridized carbons (Fsp3) is 0.538. The van der Waals surface area contributed by atoms with Gasteiger partial charge in [0.15, 0.2) is 0 Å². The second-order valence-corrected chi connectivity index (χ2v) is 4.97. The van der Waals surface area contributed by atoms with Gasteiger partial charge in [-0.15, -0.1) is 0 Å². The van der Waals surface area contributed by atoms with E-state index >= 15 is 0 Å². The molecule has 0 spiro atoms. The molecule has 2 atom stereocenters. The molecule has 0 aromatic heterocycles. The van der Waals surface area contributed by atoms with Crippen LogP contribution < -0.4 is 5.32 Å². The van der Waals surface area contributed by atoms with Crippen LogP contribution in [-0.4, -0.2) is 22.8 Å². The first kappa shape index (κ1) is 9.97. The van der Waals surface area contributed by atoms with Crippen molar-refractivity contribution in [2.24, 2.45) is 5.92 Å². The topological polar surface area (TPSA) is 52.5 Å². The minimum absolute atomic E-state index is 0.172. The van der Waals surface area contributed by atoms with Crippen LogP contribution in [0.4, 0.5) is 0 Å². The minimum Gasteiger partial charge on any atom is -0.508 e. The Kier molecular flexibility index (Phi) is 2.28. The molecule has 1 saturated heterocycles. The summed E-state index contributed by atoms with van der Waals surface area (Å²) in [7, 11) is 0. The van der Waals surface area contributed by atoms with Gasteiger partial charge in [-0.3, -0.25) is 0 Å². The predicted molar refractivity (Wildman–Crippen MR) is 61.7 cm³/mol. The Hall–Kier alpha value is -1.22. The maximum Gasteiger partial charge on any atom is 0.122 e. The monoisotopic (exact) mass is 219 g/mol. The number of nitrogens with one attached hydrogen (secondary N) is 1. The van der Waals surface area contributed by atoms with Crippen molar-refractivity contribution >= 4 is 0 Å². The molecule has 3 heteroatoms. The second kappa shape index (κ2) is 3.67. The summed E-state index contributed by atoms with van der Waals surface area (Å²) < 4.78 is 0. The fourth-order valence-electron chi connectivity index (χ4n) is 3.12. The molecule has 0 amide bonds. The number of aromatic hydroxyl groups is 2. The van der Waals surface area contributed by atoms with Gasteiger partial charge in [-0.2, -0.15) is 0 Å². The Morgan fingerprint density at radius 3 is 2.94 bits per heavy atom. The Morgan fingerprint density at radius 1 is 1.19 bits per heavy atom. The van der Waals surface area contributed by atoms with Crippen molar-refractivity contribution in [2.45, 2.75) is 31.7 Å². The summed E-state index contributed by atoms with van der Waals surface area (Å²) in [6, 6.07) is 3.78. The molecule has 3 rings (SSSR count). The summed E-state index contributed by atoms with van der Waals surface area (Å²) in [5, 5.41) is 22.9. The van der Waals surface area contributed by atoms with Crippen LogP contribution in [-0.2, 0) is 12.8 Å². The van der Waals surface area contributed by atoms with Crippen molar-refractivity contribution in [1.29, 1.82) is 0 Å². The molecule has 2 aliphatic rings. The van der Waals surface area contributed by atoms with E-state index in [1.54, 1.807) is 6.07 Å². The predicted octanol–water partition coefficient (Wildman–Crippen LogP) is 1.56. The largest absolute Gasteiger partial charge is 0.508 e. The van der Waals surface area contributed by atoms with E-state index in [0.717, 1.165) is 30.5 Å². The van der Waals surface area contributed by atoms with Gasteiger partial charge in [0.05, 0.1) is 0 Å². The smallest absolute Gasteiger partial charge is 0.122 e. The number of phenolic OH excluding ortho intramolecular Hbond substituents is 2. The summed E-state index contributed by atoms with van der Waals surface area (Å²) in [5.74, 6) is 1.08. The van der Waals surface area contributed by atoms with Gasteiger partial charge in [-0.05, 0) is 55.3 Å². The molecule has 0 radical (unpaired) electrons. The van der Waals surface area contributed by atoms with Crippen LogP contribution in [0.3, 0.4) is 0 Å². The molecule has 1 aliphatic heterocycles. The number of rotatable bonds is 0. The first-order valence-corrected chi connectivity index (χ1v) is 6.01. The lowest BCUT2D eigenvalue weighted by Gasteiger charge is -2.37. The average Bonchev–Trinajstić information content (AvgIpc) is 2.27. The number of benzene rings is 1. The van der Waals surface area contributed by atoms with Gasteiger partial charge >= 0.3 is 0 Å². The third kappa shape index (κ3) is 1.55. The molecule has 3 nitrogen and oxygen atoms in total. The third-order valence-corrected chi connectivity index (χ3v) is 3.94. The van der Waals surface area contributed by atoms with Crippen LogP contribution >= 0.6 is 0 Å². The maximum absolute atomic E-state index is 9.85. The zero-order valence-electron chi connectivity index (χ0n) is 9.24. The molecule has 0 saturated carbocycles. The van der Waals surface area contributed by atoms with Crippen molar-refractivity contribution in [3.8, 4) is 11.5 Å². The van der Waals surface area contributed by atoms with Gasteiger partial charge in [-0.25, -0.2) is 0 Å². The van der Waals surface area contributed by atoms with Gasteiger partial charge in [-0.1, -0.05) is 0 Å². The van der Waals surface area contributed by atoms with Crippen molar-refractivity contribution in [1.82, 2.24) is 5.32 Å². The number of fused-ring (bicyclic) bond motifs is 2. The maximum atomic E-state index is 9.85. The lowest BCUT2D eigenvalue weighted by molar-refractivity contribution is 0.259. The first-order chi connectivity index (χ1) is 7.74. The SMILES string of the molecule is Oc1cc(O)c2c(c1)C[C@H]1NCCC[C@@H]1C2. The summed E-state index contributed by atoms with van der Waals surface area (Å²) in [6.45, 7) is 1.10. The molecule has 1 aromatic rings. The number of phenols is 2. The van der Waals surface area contributed by atoms with Gasteiger partial charge in [0, 0.05) is 12.1 Å². The van der Waals surface area contributed by atoms with E-state index in [1.807, 2.05) is 0 Å². The summed E-state index contributed by atoms with van der Waals surface area (Å²) in [5.41, 5.74) is 2.15. The van der Waals surface area contributed by atoms with Crippen LogP contribution in [0.15, 0.2) is 12.1 Å². The lowest BCUT2D eigenvalue weighted by Crippen LogP contribution is -2.45. The fourth-order valence-corrected chi connectivity index (χ4v) is 3.12. The van der Waals surface area contributed by atoms with Crippen molar-refractivity contribution in [3.05, 3.63) is 23.3 Å². The van der Waals surface area contributed by atoms with Crippen LogP contribution in [0.2, 0.25) is 0 Å². The van der Waals surface area contributed by atoms with Crippen molar-refractivity contribution in [2.75, 3.05) is 6.54 Å². The Balaban J connectivity index is 1.98. The molecule has 0 unspecified atom stereocenters. The van der Waals surface area contributed by atoms with E-state index in [1.165, 1.54) is 18.9 Å². The molecule has 0 bridgehead atoms.